The summed E-state index contributed by atoms with van der Waals surface area (Å²) in [6, 6.07) is 13.0. The first-order valence-corrected chi connectivity index (χ1v) is 11.1. The van der Waals surface area contributed by atoms with Crippen molar-refractivity contribution in [1.82, 2.24) is 9.62 Å². The molecule has 134 valence electrons. The monoisotopic (exact) mass is 442 g/mol. The highest BCUT2D eigenvalue weighted by Crippen LogP contribution is 2.30. The molecular formula is C17H19BrN2O3S2. The maximum Gasteiger partial charge on any atom is 0.252 e. The topological polar surface area (TPSA) is 66.5 Å². The smallest absolute Gasteiger partial charge is 0.252 e. The van der Waals surface area contributed by atoms with Crippen LogP contribution in [0.15, 0.2) is 50.5 Å². The zero-order valence-electron chi connectivity index (χ0n) is 13.5. The summed E-state index contributed by atoms with van der Waals surface area (Å²) in [4.78, 5) is 12.4. The Morgan fingerprint density at radius 3 is 2.68 bits per heavy atom. The summed E-state index contributed by atoms with van der Waals surface area (Å²) < 4.78 is 28.0. The van der Waals surface area contributed by atoms with Gasteiger partial charge in [-0.05, 0) is 46.5 Å². The van der Waals surface area contributed by atoms with Gasteiger partial charge in [0.25, 0.3) is 10.0 Å². The van der Waals surface area contributed by atoms with Gasteiger partial charge in [0, 0.05) is 19.6 Å². The third-order valence-electron chi connectivity index (χ3n) is 4.21. The van der Waals surface area contributed by atoms with E-state index in [1.165, 1.54) is 15.6 Å². The van der Waals surface area contributed by atoms with Crippen LogP contribution in [0.5, 0.6) is 0 Å². The second kappa shape index (κ2) is 7.99. The molecule has 0 radical (unpaired) electrons. The molecule has 1 fully saturated rings. The Morgan fingerprint density at radius 2 is 2.00 bits per heavy atom. The third kappa shape index (κ3) is 4.49. The van der Waals surface area contributed by atoms with E-state index in [9.17, 15) is 13.2 Å². The molecule has 1 aliphatic heterocycles. The van der Waals surface area contributed by atoms with Crippen molar-refractivity contribution in [2.24, 2.45) is 5.92 Å². The molecule has 8 heteroatoms. The number of hydrogen-bond donors (Lipinski definition) is 1. The highest BCUT2D eigenvalue weighted by Gasteiger charge is 2.33. The molecule has 1 aliphatic rings. The molecule has 2 heterocycles. The van der Waals surface area contributed by atoms with E-state index in [4.69, 9.17) is 0 Å². The Hall–Kier alpha value is -1.22. The number of rotatable bonds is 5. The number of piperidine rings is 1. The van der Waals surface area contributed by atoms with Crippen molar-refractivity contribution in [2.45, 2.75) is 23.6 Å². The lowest BCUT2D eigenvalue weighted by molar-refractivity contribution is -0.126. The fraction of sp³-hybridized carbons (Fsp3) is 0.353. The zero-order valence-corrected chi connectivity index (χ0v) is 16.7. The quantitative estimate of drug-likeness (QED) is 0.772. The predicted octanol–water partition coefficient (Wildman–Crippen LogP) is 3.23. The van der Waals surface area contributed by atoms with Gasteiger partial charge < -0.3 is 5.32 Å². The first-order chi connectivity index (χ1) is 12.0. The third-order valence-corrected chi connectivity index (χ3v) is 8.16. The largest absolute Gasteiger partial charge is 0.352 e. The van der Waals surface area contributed by atoms with Gasteiger partial charge in [-0.25, -0.2) is 8.42 Å². The van der Waals surface area contributed by atoms with Crippen LogP contribution in [0, 0.1) is 5.92 Å². The van der Waals surface area contributed by atoms with Crippen LogP contribution in [0.2, 0.25) is 0 Å². The van der Waals surface area contributed by atoms with Crippen LogP contribution in [0.4, 0.5) is 0 Å². The summed E-state index contributed by atoms with van der Waals surface area (Å²) in [5.74, 6) is -0.397. The summed E-state index contributed by atoms with van der Waals surface area (Å²) in [6.07, 6.45) is 1.40. The Bertz CT molecular complexity index is 837. The molecule has 1 aromatic heterocycles. The molecule has 1 aromatic carbocycles. The molecule has 3 rings (SSSR count). The number of carbonyl (C=O) groups is 1. The first-order valence-electron chi connectivity index (χ1n) is 8.04. The van der Waals surface area contributed by atoms with E-state index in [0.717, 1.165) is 9.35 Å². The number of hydrogen-bond acceptors (Lipinski definition) is 4. The number of thiophene rings is 1. The van der Waals surface area contributed by atoms with E-state index in [2.05, 4.69) is 21.2 Å². The molecule has 2 aromatic rings. The maximum atomic E-state index is 12.7. The first kappa shape index (κ1) is 18.6. The van der Waals surface area contributed by atoms with Gasteiger partial charge in [-0.15, -0.1) is 11.3 Å². The SMILES string of the molecule is O=C(NCc1ccccc1)C1CCCN(S(=O)(=O)c2ccc(Br)s2)C1. The average Bonchev–Trinajstić information content (AvgIpc) is 3.08. The lowest BCUT2D eigenvalue weighted by atomic mass is 9.99. The molecule has 0 spiro atoms. The molecule has 1 amide bonds. The van der Waals surface area contributed by atoms with Gasteiger partial charge in [-0.2, -0.15) is 4.31 Å². The van der Waals surface area contributed by atoms with E-state index in [0.29, 0.717) is 30.1 Å². The van der Waals surface area contributed by atoms with Gasteiger partial charge in [0.2, 0.25) is 5.91 Å². The van der Waals surface area contributed by atoms with Crippen molar-refractivity contribution in [3.05, 3.63) is 51.8 Å². The number of carbonyl (C=O) groups excluding carboxylic acids is 1. The van der Waals surface area contributed by atoms with Crippen molar-refractivity contribution in [3.8, 4) is 0 Å². The van der Waals surface area contributed by atoms with Crippen LogP contribution in [0.1, 0.15) is 18.4 Å². The van der Waals surface area contributed by atoms with Gasteiger partial charge in [-0.1, -0.05) is 30.3 Å². The second-order valence-electron chi connectivity index (χ2n) is 5.96. The van der Waals surface area contributed by atoms with Crippen molar-refractivity contribution < 1.29 is 13.2 Å². The van der Waals surface area contributed by atoms with E-state index >= 15 is 0 Å². The Balaban J connectivity index is 1.63. The van der Waals surface area contributed by atoms with Crippen LogP contribution in [-0.2, 0) is 21.4 Å². The van der Waals surface area contributed by atoms with Gasteiger partial charge >= 0.3 is 0 Å². The Labute approximate surface area is 160 Å². The molecular weight excluding hydrogens is 424 g/mol. The second-order valence-corrected chi connectivity index (χ2v) is 10.6. The molecule has 1 unspecified atom stereocenters. The van der Waals surface area contributed by atoms with E-state index in [1.54, 1.807) is 12.1 Å². The summed E-state index contributed by atoms with van der Waals surface area (Å²) in [7, 11) is -3.53. The highest BCUT2D eigenvalue weighted by atomic mass is 79.9. The van der Waals surface area contributed by atoms with Crippen LogP contribution in [0.25, 0.3) is 0 Å². The number of amides is 1. The molecule has 5 nitrogen and oxygen atoms in total. The van der Waals surface area contributed by atoms with Crippen molar-refractivity contribution in [1.29, 1.82) is 0 Å². The minimum Gasteiger partial charge on any atom is -0.352 e. The van der Waals surface area contributed by atoms with Crippen LogP contribution < -0.4 is 5.32 Å². The molecule has 1 saturated heterocycles. The highest BCUT2D eigenvalue weighted by molar-refractivity contribution is 9.11. The van der Waals surface area contributed by atoms with Crippen molar-refractivity contribution in [3.63, 3.8) is 0 Å². The number of benzene rings is 1. The van der Waals surface area contributed by atoms with Crippen molar-refractivity contribution in [2.75, 3.05) is 13.1 Å². The summed E-state index contributed by atoms with van der Waals surface area (Å²) in [5, 5.41) is 2.92. The maximum absolute atomic E-state index is 12.7. The summed E-state index contributed by atoms with van der Waals surface area (Å²) in [5.41, 5.74) is 1.03. The molecule has 1 N–H and O–H groups in total. The van der Waals surface area contributed by atoms with Gasteiger partial charge in [0.1, 0.15) is 4.21 Å². The number of sulfonamides is 1. The van der Waals surface area contributed by atoms with Crippen LogP contribution in [0.3, 0.4) is 0 Å². The number of halogens is 1. The van der Waals surface area contributed by atoms with Crippen molar-refractivity contribution >= 4 is 43.2 Å². The minimum atomic E-state index is -3.53. The predicted molar refractivity (Wildman–Crippen MR) is 102 cm³/mol. The molecule has 0 saturated carbocycles. The number of nitrogens with one attached hydrogen (secondary N) is 1. The van der Waals surface area contributed by atoms with Crippen LogP contribution in [-0.4, -0.2) is 31.7 Å². The fourth-order valence-electron chi connectivity index (χ4n) is 2.87. The lowest BCUT2D eigenvalue weighted by Crippen LogP contribution is -2.45. The minimum absolute atomic E-state index is 0.0869. The summed E-state index contributed by atoms with van der Waals surface area (Å²) >= 11 is 4.49. The standard InChI is InChI=1S/C17H19BrN2O3S2/c18-15-8-9-16(24-15)25(22,23)20-10-4-7-14(12-20)17(21)19-11-13-5-2-1-3-6-13/h1-3,5-6,8-9,14H,4,7,10-12H2,(H,19,21). The average molecular weight is 443 g/mol. The van der Waals surface area contributed by atoms with Gasteiger partial charge in [-0.3, -0.25) is 4.79 Å². The normalized spacial score (nSPS) is 18.8. The fourth-order valence-corrected chi connectivity index (χ4v) is 6.56. The molecule has 0 aliphatic carbocycles. The van der Waals surface area contributed by atoms with E-state index in [-0.39, 0.29) is 18.4 Å². The van der Waals surface area contributed by atoms with E-state index < -0.39 is 10.0 Å². The summed E-state index contributed by atoms with van der Waals surface area (Å²) in [6.45, 7) is 1.15. The van der Waals surface area contributed by atoms with E-state index in [1.807, 2.05) is 30.3 Å². The molecule has 25 heavy (non-hydrogen) atoms. The lowest BCUT2D eigenvalue weighted by Gasteiger charge is -2.30. The van der Waals surface area contributed by atoms with Gasteiger partial charge in [0.05, 0.1) is 9.70 Å². The zero-order chi connectivity index (χ0) is 17.9. The Morgan fingerprint density at radius 1 is 1.24 bits per heavy atom. The molecule has 1 atom stereocenters. The number of nitrogens with zero attached hydrogens (tertiary/aromatic N) is 1. The Kier molecular flexibility index (Phi) is 5.93. The van der Waals surface area contributed by atoms with Crippen LogP contribution >= 0.6 is 27.3 Å². The molecule has 0 bridgehead atoms. The van der Waals surface area contributed by atoms with Gasteiger partial charge in [0.15, 0.2) is 0 Å².